The van der Waals surface area contributed by atoms with Gasteiger partial charge in [-0.3, -0.25) is 4.57 Å². The Bertz CT molecular complexity index is 958. The van der Waals surface area contributed by atoms with Crippen molar-refractivity contribution in [2.45, 2.75) is 44.0 Å². The quantitative estimate of drug-likeness (QED) is 0.627. The van der Waals surface area contributed by atoms with Crippen LogP contribution >= 0.6 is 11.3 Å². The lowest BCUT2D eigenvalue weighted by atomic mass is 10.2. The summed E-state index contributed by atoms with van der Waals surface area (Å²) in [5, 5.41) is 2.89. The number of hydrogen-bond acceptors (Lipinski definition) is 5. The van der Waals surface area contributed by atoms with E-state index in [1.807, 2.05) is 36.6 Å². The van der Waals surface area contributed by atoms with Gasteiger partial charge in [-0.2, -0.15) is 0 Å². The van der Waals surface area contributed by atoms with Crippen molar-refractivity contribution in [2.75, 3.05) is 0 Å². The number of thiazole rings is 1. The Labute approximate surface area is 152 Å². The summed E-state index contributed by atoms with van der Waals surface area (Å²) in [5.74, 6) is -0.127. The normalized spacial score (nSPS) is 11.8. The maximum Gasteiger partial charge on any atom is 0.232 e. The predicted octanol–water partition coefficient (Wildman–Crippen LogP) is 3.95. The van der Waals surface area contributed by atoms with E-state index in [9.17, 15) is 8.42 Å². The molecule has 0 spiro atoms. The highest BCUT2D eigenvalue weighted by Gasteiger charge is 2.23. The first kappa shape index (κ1) is 17.8. The Morgan fingerprint density at radius 1 is 1.28 bits per heavy atom. The van der Waals surface area contributed by atoms with Gasteiger partial charge in [-0.15, -0.1) is 11.3 Å². The fourth-order valence-electron chi connectivity index (χ4n) is 2.61. The van der Waals surface area contributed by atoms with Crippen molar-refractivity contribution in [3.05, 3.63) is 58.3 Å². The molecule has 0 saturated carbocycles. The van der Waals surface area contributed by atoms with Crippen LogP contribution in [0.15, 0.2) is 47.2 Å². The summed E-state index contributed by atoms with van der Waals surface area (Å²) < 4.78 is 27.3. The van der Waals surface area contributed by atoms with E-state index >= 15 is 0 Å². The Balaban J connectivity index is 1.86. The molecule has 0 aliphatic rings. The van der Waals surface area contributed by atoms with Crippen molar-refractivity contribution in [1.82, 2.24) is 14.5 Å². The van der Waals surface area contributed by atoms with Crippen molar-refractivity contribution in [3.63, 3.8) is 0 Å². The van der Waals surface area contributed by atoms with Crippen LogP contribution in [-0.2, 0) is 22.0 Å². The van der Waals surface area contributed by atoms with E-state index in [1.165, 1.54) is 17.5 Å². The molecular weight excluding hydrogens is 354 g/mol. The van der Waals surface area contributed by atoms with Crippen LogP contribution in [0.2, 0.25) is 0 Å². The smallest absolute Gasteiger partial charge is 0.232 e. The Kier molecular flexibility index (Phi) is 5.34. The van der Waals surface area contributed by atoms with Crippen molar-refractivity contribution in [2.24, 2.45) is 0 Å². The SMILES string of the molecule is CCCCc1nc(CS(=O)(=O)c2nccn2-c2cccc(C)c2)cs1. The van der Waals surface area contributed by atoms with Gasteiger partial charge in [-0.05, 0) is 37.5 Å². The summed E-state index contributed by atoms with van der Waals surface area (Å²) in [6.07, 6.45) is 6.26. The Morgan fingerprint density at radius 3 is 2.88 bits per heavy atom. The highest BCUT2D eigenvalue weighted by atomic mass is 32.2. The molecule has 3 aromatic rings. The molecule has 0 unspecified atom stereocenters. The first-order valence-corrected chi connectivity index (χ1v) is 10.8. The molecule has 2 heterocycles. The standard InChI is InChI=1S/C18H21N3O2S2/c1-3-4-8-17-20-15(12-24-17)13-25(22,23)18-19-9-10-21(18)16-7-5-6-14(2)11-16/h5-7,9-12H,3-4,8,13H2,1-2H3. The minimum Gasteiger partial charge on any atom is -0.291 e. The summed E-state index contributed by atoms with van der Waals surface area (Å²) in [6, 6.07) is 7.69. The topological polar surface area (TPSA) is 64.8 Å². The summed E-state index contributed by atoms with van der Waals surface area (Å²) >= 11 is 1.53. The second kappa shape index (κ2) is 7.49. The van der Waals surface area contributed by atoms with Crippen LogP contribution in [0.5, 0.6) is 0 Å². The van der Waals surface area contributed by atoms with E-state index in [0.29, 0.717) is 5.69 Å². The van der Waals surface area contributed by atoms with Crippen molar-refractivity contribution < 1.29 is 8.42 Å². The highest BCUT2D eigenvalue weighted by Crippen LogP contribution is 2.21. The lowest BCUT2D eigenvalue weighted by Crippen LogP contribution is -2.12. The van der Waals surface area contributed by atoms with Crippen LogP contribution in [-0.4, -0.2) is 23.0 Å². The predicted molar refractivity (Wildman–Crippen MR) is 99.9 cm³/mol. The fraction of sp³-hybridized carbons (Fsp3) is 0.333. The van der Waals surface area contributed by atoms with Gasteiger partial charge in [0, 0.05) is 23.5 Å². The zero-order valence-corrected chi connectivity index (χ0v) is 16.0. The highest BCUT2D eigenvalue weighted by molar-refractivity contribution is 7.90. The lowest BCUT2D eigenvalue weighted by Gasteiger charge is -2.08. The van der Waals surface area contributed by atoms with Crippen LogP contribution in [0.25, 0.3) is 5.69 Å². The van der Waals surface area contributed by atoms with Gasteiger partial charge in [-0.25, -0.2) is 18.4 Å². The van der Waals surface area contributed by atoms with Crippen LogP contribution < -0.4 is 0 Å². The molecule has 0 amide bonds. The molecule has 5 nitrogen and oxygen atoms in total. The minimum atomic E-state index is -3.57. The van der Waals surface area contributed by atoms with Crippen LogP contribution in [0.4, 0.5) is 0 Å². The zero-order chi connectivity index (χ0) is 17.9. The van der Waals surface area contributed by atoms with Gasteiger partial charge >= 0.3 is 0 Å². The van der Waals surface area contributed by atoms with E-state index < -0.39 is 9.84 Å². The molecule has 0 fully saturated rings. The van der Waals surface area contributed by atoms with Gasteiger partial charge in [0.2, 0.25) is 15.0 Å². The molecule has 0 radical (unpaired) electrons. The Hall–Kier alpha value is -1.99. The second-order valence-electron chi connectivity index (χ2n) is 6.01. The number of sulfone groups is 1. The molecule has 0 atom stereocenters. The third-order valence-electron chi connectivity index (χ3n) is 3.85. The third-order valence-corrected chi connectivity index (χ3v) is 6.34. The molecular formula is C18H21N3O2S2. The second-order valence-corrected chi connectivity index (χ2v) is 8.84. The van der Waals surface area contributed by atoms with Crippen molar-refractivity contribution in [3.8, 4) is 5.69 Å². The maximum atomic E-state index is 12.8. The van der Waals surface area contributed by atoms with Crippen LogP contribution in [0.1, 0.15) is 36.0 Å². The van der Waals surface area contributed by atoms with Crippen molar-refractivity contribution in [1.29, 1.82) is 0 Å². The number of rotatable bonds is 7. The van der Waals surface area contributed by atoms with E-state index in [4.69, 9.17) is 0 Å². The summed E-state index contributed by atoms with van der Waals surface area (Å²) in [7, 11) is -3.57. The lowest BCUT2D eigenvalue weighted by molar-refractivity contribution is 0.583. The largest absolute Gasteiger partial charge is 0.291 e. The zero-order valence-electron chi connectivity index (χ0n) is 14.3. The van der Waals surface area contributed by atoms with Crippen LogP contribution in [0.3, 0.4) is 0 Å². The monoisotopic (exact) mass is 375 g/mol. The number of nitrogens with zero attached hydrogens (tertiary/aromatic N) is 3. The molecule has 0 bridgehead atoms. The Morgan fingerprint density at radius 2 is 2.12 bits per heavy atom. The fourth-order valence-corrected chi connectivity index (χ4v) is 4.91. The van der Waals surface area contributed by atoms with Crippen molar-refractivity contribution >= 4 is 21.2 Å². The van der Waals surface area contributed by atoms with E-state index in [0.717, 1.165) is 35.5 Å². The molecule has 132 valence electrons. The molecule has 2 aromatic heterocycles. The maximum absolute atomic E-state index is 12.8. The first-order valence-electron chi connectivity index (χ1n) is 8.26. The van der Waals surface area contributed by atoms with E-state index in [2.05, 4.69) is 16.9 Å². The summed E-state index contributed by atoms with van der Waals surface area (Å²) in [6.45, 7) is 4.10. The average Bonchev–Trinajstić information content (AvgIpc) is 3.22. The number of hydrogen-bond donors (Lipinski definition) is 0. The molecule has 0 aliphatic heterocycles. The summed E-state index contributed by atoms with van der Waals surface area (Å²) in [5.41, 5.74) is 2.45. The number of imidazole rings is 1. The van der Waals surface area contributed by atoms with E-state index in [-0.39, 0.29) is 10.9 Å². The summed E-state index contributed by atoms with van der Waals surface area (Å²) in [4.78, 5) is 8.56. The van der Waals surface area contributed by atoms with Gasteiger partial charge in [-0.1, -0.05) is 25.5 Å². The van der Waals surface area contributed by atoms with Gasteiger partial charge < -0.3 is 0 Å². The molecule has 25 heavy (non-hydrogen) atoms. The first-order chi connectivity index (χ1) is 12.0. The molecule has 0 aliphatic carbocycles. The van der Waals surface area contributed by atoms with E-state index in [1.54, 1.807) is 10.8 Å². The van der Waals surface area contributed by atoms with Gasteiger partial charge in [0.1, 0.15) is 5.75 Å². The van der Waals surface area contributed by atoms with Gasteiger partial charge in [0.05, 0.1) is 10.7 Å². The van der Waals surface area contributed by atoms with Gasteiger partial charge in [0.25, 0.3) is 0 Å². The molecule has 0 saturated heterocycles. The minimum absolute atomic E-state index is 0.0567. The molecule has 3 rings (SSSR count). The van der Waals surface area contributed by atoms with Crippen LogP contribution in [0, 0.1) is 6.92 Å². The molecule has 0 N–H and O–H groups in total. The average molecular weight is 376 g/mol. The third kappa shape index (κ3) is 4.16. The molecule has 7 heteroatoms. The number of unbranched alkanes of at least 4 members (excludes halogenated alkanes) is 1. The number of aryl methyl sites for hydroxylation is 2. The number of aromatic nitrogens is 3. The van der Waals surface area contributed by atoms with Gasteiger partial charge in [0.15, 0.2) is 0 Å². The number of benzene rings is 1. The molecule has 1 aromatic carbocycles.